The number of carboxylic acids is 1. The maximum Gasteiger partial charge on any atom is 0.0784 e. The van der Waals surface area contributed by atoms with Gasteiger partial charge in [0.25, 0.3) is 0 Å². The Morgan fingerprint density at radius 2 is 1.00 bits per heavy atom. The number of hydrogen-bond acceptors (Lipinski definition) is 3. The number of benzene rings is 1. The van der Waals surface area contributed by atoms with Crippen LogP contribution in [0.3, 0.4) is 0 Å². The summed E-state index contributed by atoms with van der Waals surface area (Å²) in [5, 5.41) is 10.1. The van der Waals surface area contributed by atoms with Crippen LogP contribution >= 0.6 is 11.8 Å². The fourth-order valence-electron chi connectivity index (χ4n) is 4.98. The van der Waals surface area contributed by atoms with Crippen molar-refractivity contribution in [2.24, 2.45) is 0 Å². The van der Waals surface area contributed by atoms with Crippen LogP contribution < -0.4 is 5.11 Å². The molecule has 0 atom stereocenters. The van der Waals surface area contributed by atoms with Gasteiger partial charge in [-0.05, 0) is 44.1 Å². The van der Waals surface area contributed by atoms with Gasteiger partial charge in [0, 0.05) is 11.5 Å². The molecule has 0 amide bonds. The molecule has 0 fully saturated rings. The Balaban J connectivity index is 0.000000942. The lowest BCUT2D eigenvalue weighted by Gasteiger charge is -2.35. The van der Waals surface area contributed by atoms with Crippen molar-refractivity contribution in [1.82, 2.24) is 0 Å². The molecule has 0 saturated heterocycles. The van der Waals surface area contributed by atoms with Crippen LogP contribution in [-0.4, -0.2) is 42.9 Å². The van der Waals surface area contributed by atoms with E-state index in [4.69, 9.17) is 0 Å². The fraction of sp³-hybridized carbons (Fsp3) is 0.794. The topological polar surface area (TPSA) is 40.1 Å². The van der Waals surface area contributed by atoms with Crippen molar-refractivity contribution in [1.29, 1.82) is 0 Å². The third-order valence-electron chi connectivity index (χ3n) is 7.49. The molecule has 38 heavy (non-hydrogen) atoms. The number of carboxylic acid groups (broad SMARTS) is 1. The molecule has 0 bridgehead atoms. The van der Waals surface area contributed by atoms with Gasteiger partial charge in [-0.15, -0.1) is 0 Å². The summed E-state index contributed by atoms with van der Waals surface area (Å²) in [6, 6.07) is 9.77. The summed E-state index contributed by atoms with van der Waals surface area (Å²) in [5.74, 6) is -0.208. The number of rotatable bonds is 25. The first-order valence-corrected chi connectivity index (χ1v) is 17.3. The molecule has 0 spiro atoms. The molecule has 1 rings (SSSR count). The Bertz CT molecular complexity index is 581. The van der Waals surface area contributed by atoms with E-state index in [0.29, 0.717) is 0 Å². The van der Waals surface area contributed by atoms with E-state index in [1.165, 1.54) is 151 Å². The normalized spacial score (nSPS) is 11.3. The van der Waals surface area contributed by atoms with Crippen LogP contribution in [0.5, 0.6) is 0 Å². The third kappa shape index (κ3) is 25.3. The summed E-state index contributed by atoms with van der Waals surface area (Å²) in [4.78, 5) is 10.1. The molecule has 0 aliphatic carbocycles. The van der Waals surface area contributed by atoms with Crippen molar-refractivity contribution in [3.05, 3.63) is 35.9 Å². The van der Waals surface area contributed by atoms with Crippen molar-refractivity contribution in [3.63, 3.8) is 0 Å². The Hall–Kier alpha value is -1.00. The molecule has 4 heteroatoms. The lowest BCUT2D eigenvalue weighted by atomic mass is 10.1. The molecule has 0 aliphatic rings. The molecular weight excluding hydrogens is 486 g/mol. The number of quaternary nitrogens is 1. The van der Waals surface area contributed by atoms with E-state index in [1.807, 2.05) is 30.3 Å². The Morgan fingerprint density at radius 1 is 0.632 bits per heavy atom. The van der Waals surface area contributed by atoms with E-state index in [2.05, 4.69) is 27.8 Å². The zero-order chi connectivity index (χ0) is 28.2. The van der Waals surface area contributed by atoms with Crippen molar-refractivity contribution >= 4 is 17.7 Å². The van der Waals surface area contributed by atoms with Crippen LogP contribution in [0.25, 0.3) is 0 Å². The average molecular weight is 550 g/mol. The summed E-state index contributed by atoms with van der Waals surface area (Å²) in [5.41, 5.74) is 1.14. The zero-order valence-corrected chi connectivity index (χ0v) is 26.6. The summed E-state index contributed by atoms with van der Waals surface area (Å²) in [6.07, 6.45) is 25.9. The highest BCUT2D eigenvalue weighted by Crippen LogP contribution is 2.16. The highest BCUT2D eigenvalue weighted by molar-refractivity contribution is 7.99. The lowest BCUT2D eigenvalue weighted by molar-refractivity contribution is -0.910. The fourth-order valence-corrected chi connectivity index (χ4v) is 5.68. The van der Waals surface area contributed by atoms with Gasteiger partial charge in [0.15, 0.2) is 0 Å². The van der Waals surface area contributed by atoms with Crippen LogP contribution in [0.15, 0.2) is 30.3 Å². The van der Waals surface area contributed by atoms with Crippen molar-refractivity contribution in [3.8, 4) is 0 Å². The van der Waals surface area contributed by atoms with Gasteiger partial charge in [-0.1, -0.05) is 128 Å². The standard InChI is InChI=1S/C25H54N.C9H10O2S/c1-5-8-11-14-17-20-23-26(4,24-21-18-15-12-9-6-2)25-22-19-16-13-10-7-3;10-9(11)7-12-6-8-4-2-1-3-5-8/h5-25H2,1-4H3;1-5H,6-7H2,(H,10,11)/q+1;/p-1. The maximum absolute atomic E-state index is 10.1. The second-order valence-electron chi connectivity index (χ2n) is 11.4. The average Bonchev–Trinajstić information content (AvgIpc) is 2.91. The number of unbranched alkanes of at least 4 members (excludes halogenated alkanes) is 15. The predicted octanol–water partition coefficient (Wildman–Crippen LogP) is 9.18. The molecule has 0 radical (unpaired) electrons. The SMILES string of the molecule is CCCCCCCC[N+](C)(CCCCCCCC)CCCCCCCC.O=C([O-])CSCc1ccccc1. The minimum Gasteiger partial charge on any atom is -0.549 e. The summed E-state index contributed by atoms with van der Waals surface area (Å²) < 4.78 is 1.36. The largest absolute Gasteiger partial charge is 0.549 e. The Labute approximate surface area is 242 Å². The molecule has 0 unspecified atom stereocenters. The number of carbonyl (C=O) groups excluding carboxylic acids is 1. The second kappa shape index (κ2) is 27.6. The minimum absolute atomic E-state index is 0.0644. The maximum atomic E-state index is 10.1. The molecule has 222 valence electrons. The van der Waals surface area contributed by atoms with Gasteiger partial charge in [-0.2, -0.15) is 11.8 Å². The number of carbonyl (C=O) groups is 1. The zero-order valence-electron chi connectivity index (χ0n) is 25.8. The van der Waals surface area contributed by atoms with Gasteiger partial charge < -0.3 is 14.4 Å². The van der Waals surface area contributed by atoms with Crippen molar-refractivity contribution in [2.75, 3.05) is 32.4 Å². The smallest absolute Gasteiger partial charge is 0.0784 e. The monoisotopic (exact) mass is 549 g/mol. The molecule has 3 nitrogen and oxygen atoms in total. The van der Waals surface area contributed by atoms with Gasteiger partial charge in [0.1, 0.15) is 0 Å². The number of nitrogens with zero attached hydrogens (tertiary/aromatic N) is 1. The van der Waals surface area contributed by atoms with Crippen LogP contribution in [0.1, 0.15) is 142 Å². The molecule has 0 N–H and O–H groups in total. The van der Waals surface area contributed by atoms with Gasteiger partial charge in [-0.3, -0.25) is 0 Å². The lowest BCUT2D eigenvalue weighted by Crippen LogP contribution is -2.46. The predicted molar refractivity (Wildman–Crippen MR) is 169 cm³/mol. The highest BCUT2D eigenvalue weighted by atomic mass is 32.2. The van der Waals surface area contributed by atoms with Gasteiger partial charge in [-0.25, -0.2) is 0 Å². The van der Waals surface area contributed by atoms with Gasteiger partial charge in [0.2, 0.25) is 0 Å². The van der Waals surface area contributed by atoms with E-state index < -0.39 is 5.97 Å². The van der Waals surface area contributed by atoms with Crippen LogP contribution in [0.4, 0.5) is 0 Å². The summed E-state index contributed by atoms with van der Waals surface area (Å²) in [6.45, 7) is 11.2. The number of aliphatic carboxylic acids is 1. The summed E-state index contributed by atoms with van der Waals surface area (Å²) >= 11 is 1.35. The molecule has 0 aromatic heterocycles. The first kappa shape index (κ1) is 37.0. The minimum atomic E-state index is -1.00. The second-order valence-corrected chi connectivity index (χ2v) is 12.4. The number of hydrogen-bond donors (Lipinski definition) is 0. The van der Waals surface area contributed by atoms with Crippen LogP contribution in [0.2, 0.25) is 0 Å². The van der Waals surface area contributed by atoms with Crippen LogP contribution in [-0.2, 0) is 10.5 Å². The van der Waals surface area contributed by atoms with E-state index in [-0.39, 0.29) is 5.75 Å². The first-order valence-electron chi connectivity index (χ1n) is 16.1. The highest BCUT2D eigenvalue weighted by Gasteiger charge is 2.20. The number of thioether (sulfide) groups is 1. The van der Waals surface area contributed by atoms with E-state index in [9.17, 15) is 9.90 Å². The molecular formula is C34H63NO2S. The summed E-state index contributed by atoms with van der Waals surface area (Å²) in [7, 11) is 2.56. The molecule has 0 aliphatic heterocycles. The third-order valence-corrected chi connectivity index (χ3v) is 8.46. The quantitative estimate of drug-likeness (QED) is 0.0901. The van der Waals surface area contributed by atoms with Gasteiger partial charge >= 0.3 is 0 Å². The van der Waals surface area contributed by atoms with Crippen molar-refractivity contribution in [2.45, 2.75) is 142 Å². The Kier molecular flexibility index (Phi) is 26.8. The van der Waals surface area contributed by atoms with E-state index in [1.54, 1.807) is 0 Å². The van der Waals surface area contributed by atoms with Crippen molar-refractivity contribution < 1.29 is 14.4 Å². The molecule has 1 aromatic carbocycles. The first-order chi connectivity index (χ1) is 18.5. The molecule has 0 heterocycles. The molecule has 0 saturated carbocycles. The van der Waals surface area contributed by atoms with Crippen LogP contribution in [0, 0.1) is 0 Å². The van der Waals surface area contributed by atoms with E-state index >= 15 is 0 Å². The molecule has 1 aromatic rings. The Morgan fingerprint density at radius 3 is 1.37 bits per heavy atom. The van der Waals surface area contributed by atoms with E-state index in [0.717, 1.165) is 11.3 Å². The van der Waals surface area contributed by atoms with Gasteiger partial charge in [0.05, 0.1) is 32.7 Å².